The molecule has 1 atom stereocenters. The van der Waals surface area contributed by atoms with Crippen LogP contribution in [0, 0.1) is 0 Å². The number of benzene rings is 2. The first kappa shape index (κ1) is 15.4. The standard InChI is InChI=1S/C20H20N4O/c25-20(23-14-11-17(15-23)16-7-2-1-3-8-16)22-18-9-4-5-10-19(18)24-13-6-12-21-24/h1-10,12-13,17H,11,14-15H2,(H,22,25)/t17-/m1/s1. The molecule has 3 aromatic rings. The van der Waals surface area contributed by atoms with Gasteiger partial charge in [-0.05, 0) is 30.2 Å². The number of carbonyl (C=O) groups excluding carboxylic acids is 1. The number of rotatable bonds is 3. The molecule has 1 aliphatic rings. The van der Waals surface area contributed by atoms with Gasteiger partial charge in [-0.2, -0.15) is 5.10 Å². The molecule has 5 heteroatoms. The van der Waals surface area contributed by atoms with Crippen LogP contribution < -0.4 is 5.32 Å². The summed E-state index contributed by atoms with van der Waals surface area (Å²) in [6, 6.07) is 19.9. The molecule has 0 bridgehead atoms. The normalized spacial score (nSPS) is 16.8. The maximum atomic E-state index is 12.7. The van der Waals surface area contributed by atoms with Crippen molar-refractivity contribution in [2.75, 3.05) is 18.4 Å². The van der Waals surface area contributed by atoms with E-state index in [9.17, 15) is 4.79 Å². The van der Waals surface area contributed by atoms with Crippen molar-refractivity contribution in [1.82, 2.24) is 14.7 Å². The van der Waals surface area contributed by atoms with Crippen LogP contribution in [-0.2, 0) is 0 Å². The third-order valence-electron chi connectivity index (χ3n) is 4.64. The SMILES string of the molecule is O=C(Nc1ccccc1-n1cccn1)N1CC[C@@H](c2ccccc2)C1. The number of likely N-dealkylation sites (tertiary alicyclic amines) is 1. The molecule has 2 aromatic carbocycles. The van der Waals surface area contributed by atoms with Gasteiger partial charge in [-0.3, -0.25) is 0 Å². The molecule has 1 saturated heterocycles. The molecule has 0 saturated carbocycles. The second-order valence-corrected chi connectivity index (χ2v) is 6.24. The van der Waals surface area contributed by atoms with E-state index < -0.39 is 0 Å². The molecule has 0 spiro atoms. The van der Waals surface area contributed by atoms with Crippen molar-refractivity contribution in [3.63, 3.8) is 0 Å². The van der Waals surface area contributed by atoms with E-state index in [1.165, 1.54) is 5.56 Å². The maximum Gasteiger partial charge on any atom is 0.321 e. The van der Waals surface area contributed by atoms with Gasteiger partial charge in [-0.15, -0.1) is 0 Å². The third-order valence-corrected chi connectivity index (χ3v) is 4.64. The monoisotopic (exact) mass is 332 g/mol. The lowest BCUT2D eigenvalue weighted by Gasteiger charge is -2.19. The van der Waals surface area contributed by atoms with E-state index in [0.717, 1.165) is 30.9 Å². The first-order chi connectivity index (χ1) is 12.3. The van der Waals surface area contributed by atoms with Gasteiger partial charge >= 0.3 is 6.03 Å². The van der Waals surface area contributed by atoms with Gasteiger partial charge in [0.15, 0.2) is 0 Å². The number of hydrogen-bond acceptors (Lipinski definition) is 2. The summed E-state index contributed by atoms with van der Waals surface area (Å²) in [5.74, 6) is 0.410. The van der Waals surface area contributed by atoms with Crippen molar-refractivity contribution in [2.24, 2.45) is 0 Å². The van der Waals surface area contributed by atoms with Crippen LogP contribution in [0.2, 0.25) is 0 Å². The summed E-state index contributed by atoms with van der Waals surface area (Å²) in [6.45, 7) is 1.52. The molecule has 126 valence electrons. The van der Waals surface area contributed by atoms with Gasteiger partial charge in [0, 0.05) is 31.4 Å². The van der Waals surface area contributed by atoms with E-state index in [0.29, 0.717) is 5.92 Å². The Labute approximate surface area is 146 Å². The smallest absolute Gasteiger partial charge is 0.321 e. The van der Waals surface area contributed by atoms with Crippen LogP contribution in [0.3, 0.4) is 0 Å². The third kappa shape index (κ3) is 3.26. The minimum Gasteiger partial charge on any atom is -0.324 e. The van der Waals surface area contributed by atoms with Gasteiger partial charge < -0.3 is 10.2 Å². The van der Waals surface area contributed by atoms with Crippen molar-refractivity contribution in [3.8, 4) is 5.69 Å². The van der Waals surface area contributed by atoms with E-state index in [2.05, 4.69) is 34.7 Å². The van der Waals surface area contributed by atoms with Crippen LogP contribution >= 0.6 is 0 Å². The van der Waals surface area contributed by atoms with Crippen LogP contribution in [0.25, 0.3) is 5.69 Å². The Morgan fingerprint density at radius 1 is 1.04 bits per heavy atom. The highest BCUT2D eigenvalue weighted by molar-refractivity contribution is 5.91. The Morgan fingerprint density at radius 3 is 2.64 bits per heavy atom. The number of hydrogen-bond donors (Lipinski definition) is 1. The lowest BCUT2D eigenvalue weighted by molar-refractivity contribution is 0.222. The number of amides is 2. The molecule has 4 rings (SSSR count). The van der Waals surface area contributed by atoms with Gasteiger partial charge in [0.05, 0.1) is 11.4 Å². The molecule has 0 aliphatic carbocycles. The molecular formula is C20H20N4O. The quantitative estimate of drug-likeness (QED) is 0.791. The first-order valence-electron chi connectivity index (χ1n) is 8.51. The van der Waals surface area contributed by atoms with Gasteiger partial charge in [0.2, 0.25) is 0 Å². The topological polar surface area (TPSA) is 50.2 Å². The van der Waals surface area contributed by atoms with Gasteiger partial charge in [0.1, 0.15) is 0 Å². The summed E-state index contributed by atoms with van der Waals surface area (Å²) < 4.78 is 1.76. The van der Waals surface area contributed by atoms with Crippen molar-refractivity contribution in [2.45, 2.75) is 12.3 Å². The zero-order chi connectivity index (χ0) is 17.1. The average molecular weight is 332 g/mol. The Bertz CT molecular complexity index is 845. The summed E-state index contributed by atoms with van der Waals surface area (Å²) >= 11 is 0. The summed E-state index contributed by atoms with van der Waals surface area (Å²) in [7, 11) is 0. The number of para-hydroxylation sites is 2. The lowest BCUT2D eigenvalue weighted by Crippen LogP contribution is -2.33. The van der Waals surface area contributed by atoms with Crippen molar-refractivity contribution in [1.29, 1.82) is 0 Å². The van der Waals surface area contributed by atoms with E-state index in [-0.39, 0.29) is 6.03 Å². The molecule has 5 nitrogen and oxygen atoms in total. The average Bonchev–Trinajstić information content (AvgIpc) is 3.35. The number of carbonyl (C=O) groups is 1. The number of nitrogens with one attached hydrogen (secondary N) is 1. The summed E-state index contributed by atoms with van der Waals surface area (Å²) in [6.07, 6.45) is 4.59. The highest BCUT2D eigenvalue weighted by Gasteiger charge is 2.27. The Morgan fingerprint density at radius 2 is 1.84 bits per heavy atom. The Hall–Kier alpha value is -3.08. The lowest BCUT2D eigenvalue weighted by atomic mass is 9.99. The summed E-state index contributed by atoms with van der Waals surface area (Å²) in [4.78, 5) is 14.6. The highest BCUT2D eigenvalue weighted by Crippen LogP contribution is 2.28. The predicted molar refractivity (Wildman–Crippen MR) is 98.0 cm³/mol. The number of aromatic nitrogens is 2. The van der Waals surface area contributed by atoms with E-state index in [1.807, 2.05) is 47.5 Å². The minimum absolute atomic E-state index is 0.0574. The zero-order valence-electron chi connectivity index (χ0n) is 13.9. The van der Waals surface area contributed by atoms with Gasteiger partial charge in [-0.25, -0.2) is 9.48 Å². The van der Waals surface area contributed by atoms with E-state index in [1.54, 1.807) is 10.9 Å². The van der Waals surface area contributed by atoms with Crippen LogP contribution in [0.4, 0.5) is 10.5 Å². The molecule has 1 fully saturated rings. The fourth-order valence-electron chi connectivity index (χ4n) is 3.33. The predicted octanol–water partition coefficient (Wildman–Crippen LogP) is 3.89. The number of anilines is 1. The van der Waals surface area contributed by atoms with Crippen molar-refractivity contribution in [3.05, 3.63) is 78.6 Å². The second kappa shape index (κ2) is 6.81. The Balaban J connectivity index is 1.47. The van der Waals surface area contributed by atoms with Gasteiger partial charge in [-0.1, -0.05) is 42.5 Å². The molecule has 1 aliphatic heterocycles. The van der Waals surface area contributed by atoms with Crippen LogP contribution in [0.5, 0.6) is 0 Å². The molecular weight excluding hydrogens is 312 g/mol. The number of nitrogens with zero attached hydrogens (tertiary/aromatic N) is 3. The minimum atomic E-state index is -0.0574. The molecule has 0 radical (unpaired) electrons. The van der Waals surface area contributed by atoms with E-state index >= 15 is 0 Å². The summed E-state index contributed by atoms with van der Waals surface area (Å²) in [5.41, 5.74) is 2.92. The maximum absolute atomic E-state index is 12.7. The van der Waals surface area contributed by atoms with Crippen LogP contribution in [0.1, 0.15) is 17.9 Å². The fraction of sp³-hybridized carbons (Fsp3) is 0.200. The molecule has 0 unspecified atom stereocenters. The highest BCUT2D eigenvalue weighted by atomic mass is 16.2. The first-order valence-corrected chi connectivity index (χ1v) is 8.51. The molecule has 1 N–H and O–H groups in total. The molecule has 2 heterocycles. The Kier molecular flexibility index (Phi) is 4.21. The summed E-state index contributed by atoms with van der Waals surface area (Å²) in [5, 5.41) is 7.29. The number of urea groups is 1. The van der Waals surface area contributed by atoms with Gasteiger partial charge in [0.25, 0.3) is 0 Å². The fourth-order valence-corrected chi connectivity index (χ4v) is 3.33. The largest absolute Gasteiger partial charge is 0.324 e. The second-order valence-electron chi connectivity index (χ2n) is 6.24. The molecule has 2 amide bonds. The molecule has 1 aromatic heterocycles. The van der Waals surface area contributed by atoms with E-state index in [4.69, 9.17) is 0 Å². The molecule has 25 heavy (non-hydrogen) atoms. The van der Waals surface area contributed by atoms with Crippen LogP contribution in [-0.4, -0.2) is 33.8 Å². The van der Waals surface area contributed by atoms with Crippen molar-refractivity contribution >= 4 is 11.7 Å². The van der Waals surface area contributed by atoms with Crippen molar-refractivity contribution < 1.29 is 4.79 Å². The van der Waals surface area contributed by atoms with Crippen LogP contribution in [0.15, 0.2) is 73.1 Å². The zero-order valence-corrected chi connectivity index (χ0v) is 13.9.